The summed E-state index contributed by atoms with van der Waals surface area (Å²) < 4.78 is 5.38. The molecule has 0 radical (unpaired) electrons. The summed E-state index contributed by atoms with van der Waals surface area (Å²) in [5.74, 6) is 0.236. The molecule has 2 aromatic rings. The number of hydrogen-bond donors (Lipinski definition) is 2. The number of carbonyl (C=O) groups is 1. The molecule has 0 spiro atoms. The average molecular weight is 313 g/mol. The normalized spacial score (nSPS) is 17.7. The Morgan fingerprint density at radius 1 is 1.48 bits per heavy atom. The fraction of sp³-hybridized carbons (Fsp3) is 0.444. The highest BCUT2D eigenvalue weighted by molar-refractivity contribution is 5.92. The number of oxazole rings is 1. The molecule has 1 aromatic carbocycles. The fourth-order valence-electron chi connectivity index (χ4n) is 3.05. The molecule has 2 atom stereocenters. The Kier molecular flexibility index (Phi) is 4.76. The summed E-state index contributed by atoms with van der Waals surface area (Å²) in [7, 11) is 0. The summed E-state index contributed by atoms with van der Waals surface area (Å²) in [5.41, 5.74) is 8.84. The number of benzene rings is 1. The molecule has 2 unspecified atom stereocenters. The molecule has 1 heterocycles. The van der Waals surface area contributed by atoms with Crippen LogP contribution in [0.1, 0.15) is 72.2 Å². The maximum Gasteiger partial charge on any atom is 0.273 e. The van der Waals surface area contributed by atoms with Gasteiger partial charge in [0, 0.05) is 0 Å². The SMILES string of the molecule is CCCCC(N)c1nc(C(=O)NC2CCc3ccccc32)co1. The molecule has 1 aliphatic rings. The molecule has 5 heteroatoms. The molecule has 0 bridgehead atoms. The van der Waals surface area contributed by atoms with Crippen molar-refractivity contribution < 1.29 is 9.21 Å². The number of nitrogens with zero attached hydrogens (tertiary/aromatic N) is 1. The number of amides is 1. The van der Waals surface area contributed by atoms with E-state index in [1.54, 1.807) is 0 Å². The predicted octanol–water partition coefficient (Wildman–Crippen LogP) is 3.28. The van der Waals surface area contributed by atoms with E-state index in [1.165, 1.54) is 17.4 Å². The van der Waals surface area contributed by atoms with Crippen LogP contribution in [0.5, 0.6) is 0 Å². The summed E-state index contributed by atoms with van der Waals surface area (Å²) in [6.45, 7) is 2.11. The third kappa shape index (κ3) is 3.45. The molecule has 0 saturated carbocycles. The van der Waals surface area contributed by atoms with Crippen molar-refractivity contribution in [3.8, 4) is 0 Å². The molecule has 0 aliphatic heterocycles. The average Bonchev–Trinajstić information content (AvgIpc) is 3.20. The Hall–Kier alpha value is -2.14. The number of fused-ring (bicyclic) bond motifs is 1. The van der Waals surface area contributed by atoms with E-state index in [4.69, 9.17) is 10.2 Å². The maximum absolute atomic E-state index is 12.4. The van der Waals surface area contributed by atoms with Crippen LogP contribution in [0, 0.1) is 0 Å². The summed E-state index contributed by atoms with van der Waals surface area (Å²) in [6.07, 6.45) is 6.22. The number of hydrogen-bond acceptors (Lipinski definition) is 4. The van der Waals surface area contributed by atoms with Crippen LogP contribution in [0.25, 0.3) is 0 Å². The van der Waals surface area contributed by atoms with Gasteiger partial charge in [0.25, 0.3) is 5.91 Å². The number of nitrogens with one attached hydrogen (secondary N) is 1. The molecule has 23 heavy (non-hydrogen) atoms. The van der Waals surface area contributed by atoms with E-state index < -0.39 is 0 Å². The van der Waals surface area contributed by atoms with Gasteiger partial charge in [0.2, 0.25) is 5.89 Å². The summed E-state index contributed by atoms with van der Waals surface area (Å²) in [4.78, 5) is 16.6. The molecular formula is C18H23N3O2. The van der Waals surface area contributed by atoms with Crippen molar-refractivity contribution >= 4 is 5.91 Å². The number of carbonyl (C=O) groups excluding carboxylic acids is 1. The van der Waals surface area contributed by atoms with Crippen molar-refractivity contribution in [2.45, 2.75) is 51.1 Å². The standard InChI is InChI=1S/C18H23N3O2/c1-2-3-8-14(19)18-21-16(11-23-18)17(22)20-15-10-9-12-6-4-5-7-13(12)15/h4-7,11,14-15H,2-3,8-10,19H2,1H3,(H,20,22). The smallest absolute Gasteiger partial charge is 0.273 e. The lowest BCUT2D eigenvalue weighted by atomic mass is 10.1. The van der Waals surface area contributed by atoms with Gasteiger partial charge in [-0.2, -0.15) is 0 Å². The number of nitrogens with two attached hydrogens (primary N) is 1. The number of unbranched alkanes of at least 4 members (excludes halogenated alkanes) is 1. The minimum absolute atomic E-state index is 0.0487. The Morgan fingerprint density at radius 2 is 2.30 bits per heavy atom. The Bertz CT molecular complexity index is 680. The fourth-order valence-corrected chi connectivity index (χ4v) is 3.05. The van der Waals surface area contributed by atoms with Crippen LogP contribution in [-0.2, 0) is 6.42 Å². The first kappa shape index (κ1) is 15.7. The van der Waals surface area contributed by atoms with Gasteiger partial charge in [-0.15, -0.1) is 0 Å². The van der Waals surface area contributed by atoms with Crippen LogP contribution in [0.4, 0.5) is 0 Å². The molecule has 0 saturated heterocycles. The third-order valence-corrected chi connectivity index (χ3v) is 4.38. The van der Waals surface area contributed by atoms with Crippen molar-refractivity contribution in [2.24, 2.45) is 5.73 Å². The van der Waals surface area contributed by atoms with Crippen LogP contribution in [0.2, 0.25) is 0 Å². The molecule has 3 N–H and O–H groups in total. The van der Waals surface area contributed by atoms with E-state index in [2.05, 4.69) is 29.4 Å². The second-order valence-corrected chi connectivity index (χ2v) is 6.08. The molecule has 0 fully saturated rings. The Morgan fingerprint density at radius 3 is 3.13 bits per heavy atom. The van der Waals surface area contributed by atoms with Gasteiger partial charge < -0.3 is 15.5 Å². The van der Waals surface area contributed by atoms with Crippen molar-refractivity contribution in [2.75, 3.05) is 0 Å². The largest absolute Gasteiger partial charge is 0.446 e. The topological polar surface area (TPSA) is 81.1 Å². The Labute approximate surface area is 136 Å². The maximum atomic E-state index is 12.4. The van der Waals surface area contributed by atoms with E-state index in [0.717, 1.165) is 32.1 Å². The third-order valence-electron chi connectivity index (χ3n) is 4.38. The van der Waals surface area contributed by atoms with Crippen molar-refractivity contribution in [3.63, 3.8) is 0 Å². The summed E-state index contributed by atoms with van der Waals surface area (Å²) >= 11 is 0. The highest BCUT2D eigenvalue weighted by atomic mass is 16.3. The zero-order chi connectivity index (χ0) is 16.2. The van der Waals surface area contributed by atoms with Crippen molar-refractivity contribution in [1.29, 1.82) is 0 Å². The number of aromatic nitrogens is 1. The van der Waals surface area contributed by atoms with Crippen LogP contribution < -0.4 is 11.1 Å². The van der Waals surface area contributed by atoms with Crippen molar-refractivity contribution in [1.82, 2.24) is 10.3 Å². The van der Waals surface area contributed by atoms with Gasteiger partial charge in [-0.1, -0.05) is 44.0 Å². The lowest BCUT2D eigenvalue weighted by molar-refractivity contribution is 0.0931. The Balaban J connectivity index is 1.64. The molecule has 1 aliphatic carbocycles. The van der Waals surface area contributed by atoms with Crippen LogP contribution in [0.15, 0.2) is 34.9 Å². The number of rotatable bonds is 6. The molecule has 122 valence electrons. The van der Waals surface area contributed by atoms with Crippen LogP contribution in [0.3, 0.4) is 0 Å². The zero-order valence-corrected chi connectivity index (χ0v) is 13.4. The second kappa shape index (κ2) is 6.96. The van der Waals surface area contributed by atoms with Crippen molar-refractivity contribution in [3.05, 3.63) is 53.2 Å². The number of aryl methyl sites for hydroxylation is 1. The first-order valence-corrected chi connectivity index (χ1v) is 8.28. The highest BCUT2D eigenvalue weighted by Crippen LogP contribution is 2.30. The second-order valence-electron chi connectivity index (χ2n) is 6.08. The van der Waals surface area contributed by atoms with E-state index in [-0.39, 0.29) is 18.0 Å². The highest BCUT2D eigenvalue weighted by Gasteiger charge is 2.25. The minimum atomic E-state index is -0.247. The van der Waals surface area contributed by atoms with Crippen LogP contribution in [-0.4, -0.2) is 10.9 Å². The molecule has 5 nitrogen and oxygen atoms in total. The summed E-state index contributed by atoms with van der Waals surface area (Å²) in [5, 5.41) is 3.04. The molecule has 1 aromatic heterocycles. The minimum Gasteiger partial charge on any atom is -0.446 e. The van der Waals surface area contributed by atoms with Gasteiger partial charge in [0.1, 0.15) is 6.26 Å². The lowest BCUT2D eigenvalue weighted by Gasteiger charge is -2.12. The molecule has 1 amide bonds. The zero-order valence-electron chi connectivity index (χ0n) is 13.4. The first-order chi connectivity index (χ1) is 11.2. The summed E-state index contributed by atoms with van der Waals surface area (Å²) in [6, 6.07) is 8.02. The van der Waals surface area contributed by atoms with E-state index in [1.807, 2.05) is 12.1 Å². The van der Waals surface area contributed by atoms with E-state index in [0.29, 0.717) is 11.6 Å². The predicted molar refractivity (Wildman–Crippen MR) is 87.9 cm³/mol. The monoisotopic (exact) mass is 313 g/mol. The van der Waals surface area contributed by atoms with Gasteiger partial charge in [-0.3, -0.25) is 4.79 Å². The van der Waals surface area contributed by atoms with Gasteiger partial charge in [0.15, 0.2) is 5.69 Å². The van der Waals surface area contributed by atoms with Gasteiger partial charge in [-0.25, -0.2) is 4.98 Å². The molecule has 3 rings (SSSR count). The van der Waals surface area contributed by atoms with Gasteiger partial charge >= 0.3 is 0 Å². The van der Waals surface area contributed by atoms with E-state index in [9.17, 15) is 4.79 Å². The van der Waals surface area contributed by atoms with Gasteiger partial charge in [0.05, 0.1) is 12.1 Å². The first-order valence-electron chi connectivity index (χ1n) is 8.28. The lowest BCUT2D eigenvalue weighted by Crippen LogP contribution is -2.27. The van der Waals surface area contributed by atoms with Gasteiger partial charge in [-0.05, 0) is 30.4 Å². The van der Waals surface area contributed by atoms with E-state index >= 15 is 0 Å². The van der Waals surface area contributed by atoms with Crippen LogP contribution >= 0.6 is 0 Å². The molecular weight excluding hydrogens is 290 g/mol. The quantitative estimate of drug-likeness (QED) is 0.857.